The lowest BCUT2D eigenvalue weighted by molar-refractivity contribution is -0.123. The van der Waals surface area contributed by atoms with Crippen molar-refractivity contribution >= 4 is 11.5 Å². The van der Waals surface area contributed by atoms with Crippen molar-refractivity contribution in [3.8, 4) is 0 Å². The first-order valence-electron chi connectivity index (χ1n) is 8.27. The van der Waals surface area contributed by atoms with Gasteiger partial charge in [0.1, 0.15) is 11.6 Å². The molecule has 0 aromatic heterocycles. The molecule has 0 fully saturated rings. The van der Waals surface area contributed by atoms with E-state index in [9.17, 15) is 13.6 Å². The van der Waals surface area contributed by atoms with Crippen molar-refractivity contribution in [1.29, 1.82) is 0 Å². The molecule has 5 heteroatoms. The molecule has 3 nitrogen and oxygen atoms in total. The average Bonchev–Trinajstić information content (AvgIpc) is 3.03. The SMILES string of the molecule is CCC(C(N)=O)N1CC(c2cc(F)ccc2F)=C[C@H]1c1ccccc1. The van der Waals surface area contributed by atoms with E-state index in [-0.39, 0.29) is 11.6 Å². The third-order valence-electron chi connectivity index (χ3n) is 4.60. The maximum absolute atomic E-state index is 14.2. The third-order valence-corrected chi connectivity index (χ3v) is 4.60. The van der Waals surface area contributed by atoms with Crippen LogP contribution in [0.25, 0.3) is 5.57 Å². The van der Waals surface area contributed by atoms with Crippen LogP contribution >= 0.6 is 0 Å². The molecule has 2 N–H and O–H groups in total. The molecule has 0 aliphatic carbocycles. The largest absolute Gasteiger partial charge is 0.368 e. The van der Waals surface area contributed by atoms with Crippen molar-refractivity contribution in [3.63, 3.8) is 0 Å². The van der Waals surface area contributed by atoms with Gasteiger partial charge in [-0.2, -0.15) is 0 Å². The van der Waals surface area contributed by atoms with Gasteiger partial charge in [-0.25, -0.2) is 8.78 Å². The minimum absolute atomic E-state index is 0.212. The summed E-state index contributed by atoms with van der Waals surface area (Å²) >= 11 is 0. The van der Waals surface area contributed by atoms with E-state index in [1.54, 1.807) is 0 Å². The molecule has 0 spiro atoms. The number of carbonyl (C=O) groups is 1. The minimum atomic E-state index is -0.492. The standard InChI is InChI=1S/C20H20F2N2O/c1-2-18(20(23)25)24-12-14(16-11-15(21)8-9-17(16)22)10-19(24)13-6-4-3-5-7-13/h3-11,18-19H,2,12H2,1H3,(H2,23,25)/t18?,19-/m0/s1. The summed E-state index contributed by atoms with van der Waals surface area (Å²) in [5.74, 6) is -1.39. The summed E-state index contributed by atoms with van der Waals surface area (Å²) in [6.45, 7) is 2.22. The first-order chi connectivity index (χ1) is 12.0. The Morgan fingerprint density at radius 2 is 1.96 bits per heavy atom. The number of primary amides is 1. The van der Waals surface area contributed by atoms with Gasteiger partial charge in [0, 0.05) is 12.1 Å². The molecule has 0 radical (unpaired) electrons. The van der Waals surface area contributed by atoms with E-state index >= 15 is 0 Å². The van der Waals surface area contributed by atoms with Crippen molar-refractivity contribution in [2.45, 2.75) is 25.4 Å². The lowest BCUT2D eigenvalue weighted by Crippen LogP contribution is -2.44. The van der Waals surface area contributed by atoms with E-state index in [0.29, 0.717) is 18.5 Å². The fourth-order valence-corrected chi connectivity index (χ4v) is 3.39. The predicted octanol–water partition coefficient (Wildman–Crippen LogP) is 3.67. The summed E-state index contributed by atoms with van der Waals surface area (Å²) in [5, 5.41) is 0. The molecule has 2 aromatic carbocycles. The van der Waals surface area contributed by atoms with Crippen LogP contribution in [0, 0.1) is 11.6 Å². The average molecular weight is 342 g/mol. The zero-order valence-electron chi connectivity index (χ0n) is 14.0. The maximum atomic E-state index is 14.2. The van der Waals surface area contributed by atoms with Crippen LogP contribution < -0.4 is 5.73 Å². The Balaban J connectivity index is 2.04. The van der Waals surface area contributed by atoms with Crippen LogP contribution in [0.5, 0.6) is 0 Å². The molecule has 1 aliphatic rings. The van der Waals surface area contributed by atoms with E-state index in [0.717, 1.165) is 17.7 Å². The molecule has 130 valence electrons. The van der Waals surface area contributed by atoms with Crippen LogP contribution in [0.2, 0.25) is 0 Å². The first-order valence-corrected chi connectivity index (χ1v) is 8.27. The van der Waals surface area contributed by atoms with Crippen LogP contribution in [0.15, 0.2) is 54.6 Å². The normalized spacial score (nSPS) is 18.8. The molecular weight excluding hydrogens is 322 g/mol. The zero-order chi connectivity index (χ0) is 18.0. The molecule has 0 saturated carbocycles. The summed E-state index contributed by atoms with van der Waals surface area (Å²) in [4.78, 5) is 13.8. The monoisotopic (exact) mass is 342 g/mol. The Morgan fingerprint density at radius 3 is 2.60 bits per heavy atom. The third kappa shape index (κ3) is 3.46. The van der Waals surface area contributed by atoms with Crippen LogP contribution in [0.4, 0.5) is 8.78 Å². The molecular formula is C20H20F2N2O. The van der Waals surface area contributed by atoms with Gasteiger partial charge < -0.3 is 5.73 Å². The van der Waals surface area contributed by atoms with Crippen LogP contribution in [0.3, 0.4) is 0 Å². The van der Waals surface area contributed by atoms with E-state index in [1.807, 2.05) is 48.2 Å². The highest BCUT2D eigenvalue weighted by molar-refractivity contribution is 5.81. The van der Waals surface area contributed by atoms with Gasteiger partial charge in [-0.3, -0.25) is 9.69 Å². The highest BCUT2D eigenvalue weighted by Crippen LogP contribution is 2.37. The van der Waals surface area contributed by atoms with E-state index < -0.39 is 23.6 Å². The second kappa shape index (κ2) is 7.15. The molecule has 1 unspecified atom stereocenters. The lowest BCUT2D eigenvalue weighted by Gasteiger charge is -2.30. The fourth-order valence-electron chi connectivity index (χ4n) is 3.39. The van der Waals surface area contributed by atoms with E-state index in [2.05, 4.69) is 0 Å². The number of amides is 1. The number of carbonyl (C=O) groups excluding carboxylic acids is 1. The Morgan fingerprint density at radius 1 is 1.24 bits per heavy atom. The number of rotatable bonds is 5. The van der Waals surface area contributed by atoms with Gasteiger partial charge in [-0.05, 0) is 35.8 Å². The Hall–Kier alpha value is -2.53. The highest BCUT2D eigenvalue weighted by Gasteiger charge is 2.34. The van der Waals surface area contributed by atoms with Gasteiger partial charge in [0.15, 0.2) is 0 Å². The van der Waals surface area contributed by atoms with Crippen molar-refractivity contribution in [2.75, 3.05) is 6.54 Å². The first kappa shape index (κ1) is 17.3. The highest BCUT2D eigenvalue weighted by atomic mass is 19.1. The summed E-state index contributed by atoms with van der Waals surface area (Å²) < 4.78 is 27.8. The number of halogens is 2. The molecule has 3 rings (SSSR count). The van der Waals surface area contributed by atoms with Crippen molar-refractivity contribution in [3.05, 3.63) is 77.4 Å². The summed E-state index contributed by atoms with van der Waals surface area (Å²) in [7, 11) is 0. The molecule has 0 bridgehead atoms. The minimum Gasteiger partial charge on any atom is -0.368 e. The Kier molecular flexibility index (Phi) is 4.95. The Labute approximate surface area is 145 Å². The summed E-state index contributed by atoms with van der Waals surface area (Å²) in [6, 6.07) is 12.4. The van der Waals surface area contributed by atoms with Crippen LogP contribution in [0.1, 0.15) is 30.5 Å². The van der Waals surface area contributed by atoms with Crippen LogP contribution in [-0.4, -0.2) is 23.4 Å². The molecule has 25 heavy (non-hydrogen) atoms. The smallest absolute Gasteiger partial charge is 0.234 e. The molecule has 1 aliphatic heterocycles. The fraction of sp³-hybridized carbons (Fsp3) is 0.250. The maximum Gasteiger partial charge on any atom is 0.234 e. The van der Waals surface area contributed by atoms with Gasteiger partial charge in [0.2, 0.25) is 5.91 Å². The second-order valence-corrected chi connectivity index (χ2v) is 6.17. The lowest BCUT2D eigenvalue weighted by atomic mass is 10.0. The van der Waals surface area contributed by atoms with Crippen LogP contribution in [-0.2, 0) is 4.79 Å². The number of hydrogen-bond donors (Lipinski definition) is 1. The van der Waals surface area contributed by atoms with Crippen molar-refractivity contribution in [1.82, 2.24) is 4.90 Å². The van der Waals surface area contributed by atoms with E-state index in [4.69, 9.17) is 5.73 Å². The molecule has 0 saturated heterocycles. The van der Waals surface area contributed by atoms with Crippen molar-refractivity contribution < 1.29 is 13.6 Å². The number of nitrogens with zero attached hydrogens (tertiary/aromatic N) is 1. The molecule has 2 aromatic rings. The molecule has 1 heterocycles. The predicted molar refractivity (Wildman–Crippen MR) is 93.5 cm³/mol. The van der Waals surface area contributed by atoms with E-state index in [1.165, 1.54) is 6.07 Å². The molecule has 2 atom stereocenters. The van der Waals surface area contributed by atoms with Gasteiger partial charge in [-0.15, -0.1) is 0 Å². The summed E-state index contributed by atoms with van der Waals surface area (Å²) in [6.07, 6.45) is 2.43. The Bertz CT molecular complexity index is 805. The van der Waals surface area contributed by atoms with Crippen molar-refractivity contribution in [2.24, 2.45) is 5.73 Å². The number of nitrogens with two attached hydrogens (primary N) is 1. The zero-order valence-corrected chi connectivity index (χ0v) is 14.0. The number of hydrogen-bond acceptors (Lipinski definition) is 2. The summed E-state index contributed by atoms with van der Waals surface area (Å²) in [5.41, 5.74) is 7.43. The van der Waals surface area contributed by atoms with Gasteiger partial charge in [0.05, 0.1) is 12.1 Å². The quantitative estimate of drug-likeness (QED) is 0.901. The topological polar surface area (TPSA) is 46.3 Å². The van der Waals surface area contributed by atoms with Gasteiger partial charge in [-0.1, -0.05) is 43.3 Å². The van der Waals surface area contributed by atoms with Gasteiger partial charge in [0.25, 0.3) is 0 Å². The molecule has 1 amide bonds. The number of benzene rings is 2. The second-order valence-electron chi connectivity index (χ2n) is 6.17. The van der Waals surface area contributed by atoms with Gasteiger partial charge >= 0.3 is 0 Å².